The number of nitrogens with one attached hydrogen (secondary N) is 2. The maximum absolute atomic E-state index is 4.91. The number of likely N-dealkylation sites (N-methyl/N-ethyl adjacent to an activating group) is 2. The van der Waals surface area contributed by atoms with Crippen molar-refractivity contribution in [3.8, 4) is 0 Å². The highest BCUT2D eigenvalue weighted by molar-refractivity contribution is 5.92. The molecule has 9 heteroatoms. The molecule has 0 amide bonds. The summed E-state index contributed by atoms with van der Waals surface area (Å²) in [5, 5.41) is 7.66. The number of pyridine rings is 2. The summed E-state index contributed by atoms with van der Waals surface area (Å²) in [7, 11) is 6.24. The Kier molecular flexibility index (Phi) is 7.08. The summed E-state index contributed by atoms with van der Waals surface area (Å²) in [5.41, 5.74) is 2.84. The third-order valence-corrected chi connectivity index (χ3v) is 6.32. The number of para-hydroxylation sites is 1. The average Bonchev–Trinajstić information content (AvgIpc) is 3.43. The summed E-state index contributed by atoms with van der Waals surface area (Å²) in [6, 6.07) is 16.1. The van der Waals surface area contributed by atoms with Gasteiger partial charge in [-0.25, -0.2) is 15.0 Å². The van der Waals surface area contributed by atoms with Gasteiger partial charge in [0, 0.05) is 44.3 Å². The lowest BCUT2D eigenvalue weighted by molar-refractivity contribution is 0.416. The fraction of sp³-hybridized carbons (Fsp3) is 0.333. The summed E-state index contributed by atoms with van der Waals surface area (Å²) in [6.45, 7) is 3.91. The van der Waals surface area contributed by atoms with Crippen LogP contribution in [0.4, 0.5) is 34.8 Å². The highest BCUT2D eigenvalue weighted by atomic mass is 15.2. The monoisotopic (exact) mass is 483 g/mol. The lowest BCUT2D eigenvalue weighted by Gasteiger charge is -2.21. The van der Waals surface area contributed by atoms with Gasteiger partial charge >= 0.3 is 0 Å². The topological polar surface area (TPSA) is 85.3 Å². The molecule has 9 nitrogen and oxygen atoms in total. The minimum Gasteiger partial charge on any atom is -0.372 e. The molecular weight excluding hydrogens is 450 g/mol. The second kappa shape index (κ2) is 10.7. The van der Waals surface area contributed by atoms with Crippen molar-refractivity contribution >= 4 is 45.7 Å². The van der Waals surface area contributed by atoms with E-state index in [-0.39, 0.29) is 0 Å². The van der Waals surface area contributed by atoms with E-state index in [4.69, 9.17) is 9.97 Å². The molecule has 4 aromatic rings. The number of anilines is 6. The smallest absolute Gasteiger partial charge is 0.229 e. The Morgan fingerprint density at radius 3 is 2.33 bits per heavy atom. The van der Waals surface area contributed by atoms with Crippen molar-refractivity contribution in [2.75, 3.05) is 67.8 Å². The fourth-order valence-electron chi connectivity index (χ4n) is 4.26. The van der Waals surface area contributed by atoms with Gasteiger partial charge in [0.15, 0.2) is 0 Å². The molecule has 3 aromatic heterocycles. The van der Waals surface area contributed by atoms with E-state index in [2.05, 4.69) is 62.5 Å². The fourth-order valence-corrected chi connectivity index (χ4v) is 4.26. The van der Waals surface area contributed by atoms with Crippen LogP contribution in [0.1, 0.15) is 12.8 Å². The van der Waals surface area contributed by atoms with Crippen LogP contribution in [0.25, 0.3) is 10.9 Å². The van der Waals surface area contributed by atoms with Crippen molar-refractivity contribution in [3.63, 3.8) is 0 Å². The minimum atomic E-state index is 0.578. The van der Waals surface area contributed by atoms with Crippen LogP contribution in [0.15, 0.2) is 60.9 Å². The van der Waals surface area contributed by atoms with Gasteiger partial charge in [0.1, 0.15) is 17.5 Å². The Morgan fingerprint density at radius 2 is 1.61 bits per heavy atom. The number of aromatic nitrogens is 4. The molecule has 1 fully saturated rings. The van der Waals surface area contributed by atoms with Crippen molar-refractivity contribution in [1.82, 2.24) is 24.8 Å². The Balaban J connectivity index is 1.39. The van der Waals surface area contributed by atoms with E-state index in [9.17, 15) is 0 Å². The first-order valence-corrected chi connectivity index (χ1v) is 12.4. The van der Waals surface area contributed by atoms with Crippen LogP contribution >= 0.6 is 0 Å². The molecule has 1 aliphatic heterocycles. The van der Waals surface area contributed by atoms with Gasteiger partial charge in [0.25, 0.3) is 0 Å². The van der Waals surface area contributed by atoms with Crippen LogP contribution in [0.2, 0.25) is 0 Å². The minimum absolute atomic E-state index is 0.578. The van der Waals surface area contributed by atoms with Crippen molar-refractivity contribution in [2.24, 2.45) is 0 Å². The van der Waals surface area contributed by atoms with E-state index < -0.39 is 0 Å². The first-order valence-electron chi connectivity index (χ1n) is 12.4. The number of fused-ring (bicyclic) bond motifs is 1. The number of benzene rings is 1. The van der Waals surface area contributed by atoms with Crippen molar-refractivity contribution in [1.29, 1.82) is 0 Å². The van der Waals surface area contributed by atoms with E-state index in [0.717, 1.165) is 65.9 Å². The van der Waals surface area contributed by atoms with Gasteiger partial charge < -0.3 is 25.3 Å². The predicted molar refractivity (Wildman–Crippen MR) is 148 cm³/mol. The second-order valence-corrected chi connectivity index (χ2v) is 9.39. The Morgan fingerprint density at radius 1 is 0.833 bits per heavy atom. The third kappa shape index (κ3) is 5.63. The molecule has 186 valence electrons. The second-order valence-electron chi connectivity index (χ2n) is 9.39. The summed E-state index contributed by atoms with van der Waals surface area (Å²) < 4.78 is 0. The van der Waals surface area contributed by atoms with Gasteiger partial charge in [-0.15, -0.1) is 0 Å². The average molecular weight is 484 g/mol. The third-order valence-electron chi connectivity index (χ3n) is 6.32. The van der Waals surface area contributed by atoms with Gasteiger partial charge in [-0.2, -0.15) is 4.98 Å². The molecule has 36 heavy (non-hydrogen) atoms. The number of rotatable bonds is 9. The van der Waals surface area contributed by atoms with Crippen LogP contribution in [-0.4, -0.2) is 72.2 Å². The molecule has 4 heterocycles. The molecule has 0 unspecified atom stereocenters. The number of hydrogen-bond acceptors (Lipinski definition) is 9. The maximum Gasteiger partial charge on any atom is 0.229 e. The first kappa shape index (κ1) is 23.7. The van der Waals surface area contributed by atoms with Crippen molar-refractivity contribution in [3.05, 3.63) is 60.9 Å². The zero-order valence-electron chi connectivity index (χ0n) is 21.1. The van der Waals surface area contributed by atoms with E-state index in [1.807, 2.05) is 48.7 Å². The lowest BCUT2D eigenvalue weighted by Crippen LogP contribution is -2.28. The molecule has 1 aliphatic rings. The highest BCUT2D eigenvalue weighted by Crippen LogP contribution is 2.30. The van der Waals surface area contributed by atoms with Crippen molar-refractivity contribution in [2.45, 2.75) is 12.8 Å². The van der Waals surface area contributed by atoms with E-state index in [1.54, 1.807) is 6.20 Å². The summed E-state index contributed by atoms with van der Waals surface area (Å²) >= 11 is 0. The van der Waals surface area contributed by atoms with E-state index in [0.29, 0.717) is 5.95 Å². The normalized spacial score (nSPS) is 13.4. The SMILES string of the molecule is CN(C)CCN(C)c1ccc(Nc2cc3c(N4CCCC4)nc(Nc4ccccc4)nc3cn2)nc1. The van der Waals surface area contributed by atoms with Crippen LogP contribution in [0, 0.1) is 0 Å². The molecule has 0 saturated carbocycles. The quantitative estimate of drug-likeness (QED) is 0.357. The largest absolute Gasteiger partial charge is 0.372 e. The number of nitrogens with zero attached hydrogens (tertiary/aromatic N) is 7. The number of hydrogen-bond donors (Lipinski definition) is 2. The molecule has 0 aliphatic carbocycles. The highest BCUT2D eigenvalue weighted by Gasteiger charge is 2.19. The van der Waals surface area contributed by atoms with Crippen LogP contribution < -0.4 is 20.4 Å². The molecule has 0 radical (unpaired) electrons. The molecule has 0 bridgehead atoms. The predicted octanol–water partition coefficient (Wildman–Crippen LogP) is 4.51. The molecule has 5 rings (SSSR count). The Bertz CT molecular complexity index is 1290. The van der Waals surface area contributed by atoms with Gasteiger partial charge in [-0.05, 0) is 57.3 Å². The van der Waals surface area contributed by atoms with Crippen LogP contribution in [-0.2, 0) is 0 Å². The molecular formula is C27H33N9. The lowest BCUT2D eigenvalue weighted by atomic mass is 10.2. The standard InChI is InChI=1S/C27H33N9/c1-34(2)15-16-35(3)21-11-12-24(28-18-21)32-25-17-22-23(19-29-25)31-27(30-20-9-5-4-6-10-20)33-26(22)36-13-7-8-14-36/h4-6,9-12,17-19H,7-8,13-16H2,1-3H3,(H,28,29,32)(H,30,31,33). The van der Waals surface area contributed by atoms with E-state index >= 15 is 0 Å². The summed E-state index contributed by atoms with van der Waals surface area (Å²) in [6.07, 6.45) is 6.03. The van der Waals surface area contributed by atoms with Gasteiger partial charge in [0.2, 0.25) is 5.95 Å². The Labute approximate surface area is 212 Å². The van der Waals surface area contributed by atoms with Crippen LogP contribution in [0.5, 0.6) is 0 Å². The van der Waals surface area contributed by atoms with Gasteiger partial charge in [0.05, 0.1) is 23.6 Å². The molecule has 0 spiro atoms. The first-order chi connectivity index (χ1) is 17.5. The molecule has 0 atom stereocenters. The Hall–Kier alpha value is -3.98. The van der Waals surface area contributed by atoms with Crippen LogP contribution in [0.3, 0.4) is 0 Å². The molecule has 1 aromatic carbocycles. The summed E-state index contributed by atoms with van der Waals surface area (Å²) in [4.78, 5) is 25.6. The zero-order chi connectivity index (χ0) is 24.9. The zero-order valence-corrected chi connectivity index (χ0v) is 21.1. The molecule has 1 saturated heterocycles. The summed E-state index contributed by atoms with van der Waals surface area (Å²) in [5.74, 6) is 2.98. The maximum atomic E-state index is 4.91. The van der Waals surface area contributed by atoms with E-state index in [1.165, 1.54) is 12.8 Å². The van der Waals surface area contributed by atoms with Gasteiger partial charge in [-0.3, -0.25) is 0 Å². The van der Waals surface area contributed by atoms with Crippen molar-refractivity contribution < 1.29 is 0 Å². The molecule has 2 N–H and O–H groups in total. The van der Waals surface area contributed by atoms with Gasteiger partial charge in [-0.1, -0.05) is 18.2 Å².